The Bertz CT molecular complexity index is 1320. The molecule has 1 aliphatic carbocycles. The monoisotopic (exact) mass is 518 g/mol. The van der Waals surface area contributed by atoms with Crippen LogP contribution in [-0.2, 0) is 0 Å². The van der Waals surface area contributed by atoms with E-state index in [0.29, 0.717) is 28.3 Å². The van der Waals surface area contributed by atoms with E-state index in [9.17, 15) is 0 Å². The first-order valence-corrected chi connectivity index (χ1v) is 13.9. The first-order chi connectivity index (χ1) is 17.4. The summed E-state index contributed by atoms with van der Waals surface area (Å²) in [5.74, 6) is 2.29. The van der Waals surface area contributed by atoms with Crippen LogP contribution < -0.4 is 5.32 Å². The maximum Gasteiger partial charge on any atom is 0.134 e. The van der Waals surface area contributed by atoms with Gasteiger partial charge in [0, 0.05) is 41.3 Å². The van der Waals surface area contributed by atoms with E-state index in [-0.39, 0.29) is 0 Å². The Morgan fingerprint density at radius 3 is 2.08 bits per heavy atom. The highest BCUT2D eigenvalue weighted by Crippen LogP contribution is 2.39. The number of nitrogens with one attached hydrogen (secondary N) is 2. The molecule has 186 valence electrons. The molecule has 0 amide bonds. The van der Waals surface area contributed by atoms with Crippen LogP contribution in [0.1, 0.15) is 69.7 Å². The first kappa shape index (κ1) is 24.0. The van der Waals surface area contributed by atoms with Crippen LogP contribution in [0, 0.1) is 5.92 Å². The van der Waals surface area contributed by atoms with E-state index >= 15 is 0 Å². The molecule has 1 saturated heterocycles. The average molecular weight is 520 g/mol. The molecule has 2 N–H and O–H groups in total. The molecule has 2 fully saturated rings. The van der Waals surface area contributed by atoms with Crippen LogP contribution in [0.4, 0.5) is 0 Å². The lowest BCUT2D eigenvalue weighted by Gasteiger charge is -2.12. The fourth-order valence-corrected chi connectivity index (χ4v) is 6.53. The van der Waals surface area contributed by atoms with Gasteiger partial charge in [-0.3, -0.25) is 0 Å². The van der Waals surface area contributed by atoms with E-state index in [0.717, 1.165) is 52.5 Å². The summed E-state index contributed by atoms with van der Waals surface area (Å²) in [6.45, 7) is 4.55. The highest BCUT2D eigenvalue weighted by molar-refractivity contribution is 6.35. The predicted octanol–water partition coefficient (Wildman–Crippen LogP) is 8.19. The molecule has 1 aromatic heterocycles. The SMILES string of the molecule is C[C@H]1CC[C@@H](c2nc(-c3ccc(-c4ccc(C5=C(Cl)N=C([C@@H]6CC[C@H](C)N6)C5)cc4)cc3)c(Cl)[nH]2)C1. The lowest BCUT2D eigenvalue weighted by Crippen LogP contribution is -2.33. The number of aromatic nitrogens is 2. The highest BCUT2D eigenvalue weighted by atomic mass is 35.5. The summed E-state index contributed by atoms with van der Waals surface area (Å²) in [4.78, 5) is 12.9. The number of H-pyrrole nitrogens is 1. The summed E-state index contributed by atoms with van der Waals surface area (Å²) < 4.78 is 0. The van der Waals surface area contributed by atoms with E-state index in [4.69, 9.17) is 33.2 Å². The third-order valence-corrected chi connectivity index (χ3v) is 8.70. The van der Waals surface area contributed by atoms with E-state index < -0.39 is 0 Å². The molecule has 6 rings (SSSR count). The molecular weight excluding hydrogens is 487 g/mol. The Morgan fingerprint density at radius 2 is 1.47 bits per heavy atom. The van der Waals surface area contributed by atoms with Gasteiger partial charge in [-0.05, 0) is 61.6 Å². The summed E-state index contributed by atoms with van der Waals surface area (Å²) in [5.41, 5.74) is 7.64. The van der Waals surface area contributed by atoms with Gasteiger partial charge in [-0.15, -0.1) is 0 Å². The van der Waals surface area contributed by atoms with Gasteiger partial charge in [0.15, 0.2) is 0 Å². The molecule has 0 unspecified atom stereocenters. The van der Waals surface area contributed by atoms with Crippen LogP contribution in [0.5, 0.6) is 0 Å². The van der Waals surface area contributed by atoms with Gasteiger partial charge in [0.2, 0.25) is 0 Å². The molecule has 4 nitrogen and oxygen atoms in total. The van der Waals surface area contributed by atoms with Gasteiger partial charge in [0.25, 0.3) is 0 Å². The number of nitrogens with zero attached hydrogens (tertiary/aromatic N) is 2. The molecular formula is C30H32Cl2N4. The molecule has 0 radical (unpaired) electrons. The van der Waals surface area contributed by atoms with Crippen LogP contribution in [0.25, 0.3) is 28.0 Å². The van der Waals surface area contributed by atoms with Crippen molar-refractivity contribution in [1.82, 2.24) is 15.3 Å². The standard InChI is InChI=1S/C30H32Cl2N4/c1-17-3-5-23(15-17)30-35-27(29(32)36-30)22-12-8-20(9-13-22)19-6-10-21(11-7-19)24-16-26(34-28(24)31)25-14-4-18(2)33-25/h6-13,17-18,23,25,33H,3-5,14-16H2,1-2H3,(H,35,36)/t17-,18-,23+,25-/m0/s1. The molecule has 2 aliphatic heterocycles. The van der Waals surface area contributed by atoms with Crippen LogP contribution in [0.15, 0.2) is 58.7 Å². The van der Waals surface area contributed by atoms with Crippen LogP contribution >= 0.6 is 23.2 Å². The third-order valence-electron chi connectivity index (χ3n) is 8.11. The molecule has 0 bridgehead atoms. The zero-order chi connectivity index (χ0) is 24.8. The Morgan fingerprint density at radius 1 is 0.806 bits per heavy atom. The average Bonchev–Trinajstić information content (AvgIpc) is 3.67. The minimum atomic E-state index is 0.352. The summed E-state index contributed by atoms with van der Waals surface area (Å²) in [6.07, 6.45) is 6.79. The van der Waals surface area contributed by atoms with Crippen molar-refractivity contribution in [1.29, 1.82) is 0 Å². The number of halogens is 2. The van der Waals surface area contributed by atoms with Crippen LogP contribution in [0.3, 0.4) is 0 Å². The van der Waals surface area contributed by atoms with Crippen molar-refractivity contribution in [3.05, 3.63) is 70.2 Å². The van der Waals surface area contributed by atoms with E-state index in [1.165, 1.54) is 37.0 Å². The normalized spacial score (nSPS) is 26.2. The number of hydrogen-bond donors (Lipinski definition) is 2. The van der Waals surface area contributed by atoms with Crippen molar-refractivity contribution in [2.45, 2.75) is 70.4 Å². The van der Waals surface area contributed by atoms with Gasteiger partial charge < -0.3 is 10.3 Å². The molecule has 2 aromatic carbocycles. The van der Waals surface area contributed by atoms with Crippen LogP contribution in [0.2, 0.25) is 5.15 Å². The second-order valence-electron chi connectivity index (χ2n) is 10.8. The van der Waals surface area contributed by atoms with Crippen molar-refractivity contribution < 1.29 is 0 Å². The smallest absolute Gasteiger partial charge is 0.134 e. The number of aromatic amines is 1. The number of aliphatic imine (C=N–C) groups is 1. The molecule has 1 saturated carbocycles. The minimum Gasteiger partial charge on any atom is -0.332 e. The fourth-order valence-electron chi connectivity index (χ4n) is 5.99. The Balaban J connectivity index is 1.15. The number of benzene rings is 2. The van der Waals surface area contributed by atoms with E-state index in [1.807, 2.05) is 0 Å². The summed E-state index contributed by atoms with van der Waals surface area (Å²) in [6, 6.07) is 18.0. The van der Waals surface area contributed by atoms with Gasteiger partial charge in [-0.25, -0.2) is 9.98 Å². The minimum absolute atomic E-state index is 0.352. The second kappa shape index (κ2) is 9.81. The van der Waals surface area contributed by atoms with Gasteiger partial charge >= 0.3 is 0 Å². The van der Waals surface area contributed by atoms with Crippen LogP contribution in [-0.4, -0.2) is 27.8 Å². The molecule has 3 aromatic rings. The van der Waals surface area contributed by atoms with Crippen molar-refractivity contribution in [2.24, 2.45) is 10.9 Å². The van der Waals surface area contributed by atoms with Gasteiger partial charge in [-0.2, -0.15) is 0 Å². The van der Waals surface area contributed by atoms with E-state index in [2.05, 4.69) is 72.7 Å². The topological polar surface area (TPSA) is 53.1 Å². The molecule has 36 heavy (non-hydrogen) atoms. The summed E-state index contributed by atoms with van der Waals surface area (Å²) >= 11 is 13.1. The summed E-state index contributed by atoms with van der Waals surface area (Å²) in [7, 11) is 0. The maximum atomic E-state index is 6.56. The number of allylic oxidation sites excluding steroid dienone is 1. The number of rotatable bonds is 5. The van der Waals surface area contributed by atoms with Crippen molar-refractivity contribution in [3.8, 4) is 22.4 Å². The molecule has 6 heteroatoms. The maximum absolute atomic E-state index is 6.56. The predicted molar refractivity (Wildman–Crippen MR) is 151 cm³/mol. The Hall–Kier alpha value is -2.40. The van der Waals surface area contributed by atoms with E-state index in [1.54, 1.807) is 0 Å². The first-order valence-electron chi connectivity index (χ1n) is 13.1. The van der Waals surface area contributed by atoms with Crippen molar-refractivity contribution in [2.75, 3.05) is 0 Å². The second-order valence-corrected chi connectivity index (χ2v) is 11.5. The van der Waals surface area contributed by atoms with Gasteiger partial charge in [0.1, 0.15) is 21.8 Å². The zero-order valence-electron chi connectivity index (χ0n) is 20.8. The lowest BCUT2D eigenvalue weighted by atomic mass is 9.96. The lowest BCUT2D eigenvalue weighted by molar-refractivity contribution is 0.588. The Labute approximate surface area is 223 Å². The van der Waals surface area contributed by atoms with Crippen molar-refractivity contribution >= 4 is 34.5 Å². The molecule has 4 atom stereocenters. The number of hydrogen-bond acceptors (Lipinski definition) is 3. The molecule has 3 heterocycles. The molecule has 3 aliphatic rings. The fraction of sp³-hybridized carbons (Fsp3) is 0.400. The third kappa shape index (κ3) is 4.67. The van der Waals surface area contributed by atoms with Gasteiger partial charge in [-0.1, -0.05) is 78.7 Å². The molecule has 0 spiro atoms. The zero-order valence-corrected chi connectivity index (χ0v) is 22.3. The van der Waals surface area contributed by atoms with Gasteiger partial charge in [0.05, 0.1) is 0 Å². The van der Waals surface area contributed by atoms with Crippen molar-refractivity contribution in [3.63, 3.8) is 0 Å². The largest absolute Gasteiger partial charge is 0.332 e. The number of imidazole rings is 1. The highest BCUT2D eigenvalue weighted by Gasteiger charge is 2.29. The summed E-state index contributed by atoms with van der Waals surface area (Å²) in [5, 5.41) is 4.89. The quantitative estimate of drug-likeness (QED) is 0.334. The Kier molecular flexibility index (Phi) is 6.53.